The van der Waals surface area contributed by atoms with Crippen LogP contribution in [-0.4, -0.2) is 13.1 Å². The summed E-state index contributed by atoms with van der Waals surface area (Å²) in [6, 6.07) is 14.7. The maximum Gasteiger partial charge on any atom is 0.335 e. The van der Waals surface area contributed by atoms with Crippen molar-refractivity contribution >= 4 is 39.2 Å². The number of nitrogens with one attached hydrogen (secondary N) is 1. The van der Waals surface area contributed by atoms with Gasteiger partial charge in [0.2, 0.25) is 0 Å². The Balaban J connectivity index is 2.48. The zero-order chi connectivity index (χ0) is 15.5. The molecule has 3 nitrogen and oxygen atoms in total. The second kappa shape index (κ2) is 6.50. The summed E-state index contributed by atoms with van der Waals surface area (Å²) in [6.07, 6.45) is 0. The second-order valence-corrected chi connectivity index (χ2v) is 6.02. The number of anilines is 1. The van der Waals surface area contributed by atoms with Crippen LogP contribution < -0.4 is 5.32 Å². The summed E-state index contributed by atoms with van der Waals surface area (Å²) in [5.74, 6) is -0.388. The van der Waals surface area contributed by atoms with Gasteiger partial charge < -0.3 is 10.1 Å². The predicted molar refractivity (Wildman–Crippen MR) is 88.6 cm³/mol. The Hall–Kier alpha value is -1.52. The molecule has 0 aliphatic rings. The fraction of sp³-hybridized carbons (Fsp3) is 0.188. The predicted octanol–water partition coefficient (Wildman–Crippen LogP) is 4.60. The molecular weight excluding hydrogens is 354 g/mol. The van der Waals surface area contributed by atoms with Crippen LogP contribution in [0.25, 0.3) is 0 Å². The van der Waals surface area contributed by atoms with Crippen LogP contribution >= 0.6 is 27.5 Å². The van der Waals surface area contributed by atoms with Crippen molar-refractivity contribution in [3.63, 3.8) is 0 Å². The van der Waals surface area contributed by atoms with E-state index in [0.29, 0.717) is 5.02 Å². The molecule has 0 heterocycles. The van der Waals surface area contributed by atoms with Crippen LogP contribution in [0, 0.1) is 0 Å². The third kappa shape index (κ3) is 3.39. The monoisotopic (exact) mass is 367 g/mol. The SMILES string of the molecule is COC(=O)C(C)(Nc1ccccc1Br)c1cccc(Cl)c1. The van der Waals surface area contributed by atoms with Crippen LogP contribution in [-0.2, 0) is 15.1 Å². The number of halogens is 2. The number of benzene rings is 2. The first-order valence-corrected chi connectivity index (χ1v) is 7.51. The van der Waals surface area contributed by atoms with E-state index in [1.54, 1.807) is 25.1 Å². The van der Waals surface area contributed by atoms with Crippen molar-refractivity contribution < 1.29 is 9.53 Å². The van der Waals surface area contributed by atoms with E-state index < -0.39 is 5.54 Å². The molecule has 0 amide bonds. The molecule has 0 radical (unpaired) electrons. The molecule has 1 unspecified atom stereocenters. The highest BCUT2D eigenvalue weighted by molar-refractivity contribution is 9.10. The minimum Gasteiger partial charge on any atom is -0.467 e. The molecule has 0 fully saturated rings. The fourth-order valence-corrected chi connectivity index (χ4v) is 2.65. The summed E-state index contributed by atoms with van der Waals surface area (Å²) >= 11 is 9.51. The Morgan fingerprint density at radius 2 is 1.95 bits per heavy atom. The lowest BCUT2D eigenvalue weighted by molar-refractivity contribution is -0.145. The zero-order valence-corrected chi connectivity index (χ0v) is 14.0. The van der Waals surface area contributed by atoms with Gasteiger partial charge in [0.05, 0.1) is 7.11 Å². The highest BCUT2D eigenvalue weighted by atomic mass is 79.9. The van der Waals surface area contributed by atoms with Crippen molar-refractivity contribution in [3.8, 4) is 0 Å². The van der Waals surface area contributed by atoms with Crippen molar-refractivity contribution in [1.82, 2.24) is 0 Å². The molecule has 110 valence electrons. The van der Waals surface area contributed by atoms with E-state index >= 15 is 0 Å². The van der Waals surface area contributed by atoms with E-state index in [4.69, 9.17) is 16.3 Å². The summed E-state index contributed by atoms with van der Waals surface area (Å²) in [4.78, 5) is 12.3. The molecule has 21 heavy (non-hydrogen) atoms. The van der Waals surface area contributed by atoms with Crippen LogP contribution in [0.1, 0.15) is 12.5 Å². The van der Waals surface area contributed by atoms with Crippen LogP contribution in [0.15, 0.2) is 53.0 Å². The number of carbonyl (C=O) groups excluding carboxylic acids is 1. The van der Waals surface area contributed by atoms with Gasteiger partial charge in [-0.3, -0.25) is 0 Å². The van der Waals surface area contributed by atoms with Gasteiger partial charge in [0, 0.05) is 15.2 Å². The van der Waals surface area contributed by atoms with E-state index in [0.717, 1.165) is 15.7 Å². The Kier molecular flexibility index (Phi) is 4.91. The molecule has 1 N–H and O–H groups in total. The Labute approximate surface area is 137 Å². The summed E-state index contributed by atoms with van der Waals surface area (Å²) in [7, 11) is 1.37. The van der Waals surface area contributed by atoms with Gasteiger partial charge in [0.15, 0.2) is 5.54 Å². The van der Waals surface area contributed by atoms with E-state index in [9.17, 15) is 4.79 Å². The number of esters is 1. The lowest BCUT2D eigenvalue weighted by Crippen LogP contribution is -2.41. The zero-order valence-electron chi connectivity index (χ0n) is 11.7. The van der Waals surface area contributed by atoms with Crippen molar-refractivity contribution in [2.75, 3.05) is 12.4 Å². The van der Waals surface area contributed by atoms with E-state index in [-0.39, 0.29) is 5.97 Å². The molecule has 0 aliphatic carbocycles. The minimum absolute atomic E-state index is 0.388. The summed E-state index contributed by atoms with van der Waals surface area (Å²) < 4.78 is 5.83. The first-order chi connectivity index (χ1) is 9.97. The lowest BCUT2D eigenvalue weighted by atomic mass is 9.91. The second-order valence-electron chi connectivity index (χ2n) is 4.73. The number of carbonyl (C=O) groups is 1. The van der Waals surface area contributed by atoms with Gasteiger partial charge in [-0.05, 0) is 52.7 Å². The van der Waals surface area contributed by atoms with Gasteiger partial charge >= 0.3 is 5.97 Å². The van der Waals surface area contributed by atoms with Gasteiger partial charge in [-0.1, -0.05) is 35.9 Å². The highest BCUT2D eigenvalue weighted by Gasteiger charge is 2.37. The summed E-state index contributed by atoms with van der Waals surface area (Å²) in [5.41, 5.74) is 0.492. The standard InChI is InChI=1S/C16H15BrClNO2/c1-16(15(20)21-2,11-6-5-7-12(18)10-11)19-14-9-4-3-8-13(14)17/h3-10,19H,1-2H3. The third-order valence-electron chi connectivity index (χ3n) is 3.25. The fourth-order valence-electron chi connectivity index (χ4n) is 2.08. The molecule has 0 saturated carbocycles. The molecule has 0 bridgehead atoms. The first kappa shape index (κ1) is 15.9. The van der Waals surface area contributed by atoms with Gasteiger partial charge in [-0.2, -0.15) is 0 Å². The average molecular weight is 369 g/mol. The Morgan fingerprint density at radius 3 is 2.57 bits per heavy atom. The average Bonchev–Trinajstić information content (AvgIpc) is 2.48. The normalized spacial score (nSPS) is 13.3. The van der Waals surface area contributed by atoms with Crippen LogP contribution in [0.3, 0.4) is 0 Å². The molecule has 0 saturated heterocycles. The van der Waals surface area contributed by atoms with E-state index in [2.05, 4.69) is 21.2 Å². The number of ether oxygens (including phenoxy) is 1. The molecular formula is C16H15BrClNO2. The van der Waals surface area contributed by atoms with Crippen molar-refractivity contribution in [2.45, 2.75) is 12.5 Å². The number of para-hydroxylation sites is 1. The van der Waals surface area contributed by atoms with Crippen LogP contribution in [0.4, 0.5) is 5.69 Å². The Morgan fingerprint density at radius 1 is 1.24 bits per heavy atom. The van der Waals surface area contributed by atoms with Gasteiger partial charge in [-0.25, -0.2) is 4.79 Å². The number of methoxy groups -OCH3 is 1. The highest BCUT2D eigenvalue weighted by Crippen LogP contribution is 2.32. The topological polar surface area (TPSA) is 38.3 Å². The van der Waals surface area contributed by atoms with Crippen molar-refractivity contribution in [2.24, 2.45) is 0 Å². The quantitative estimate of drug-likeness (QED) is 0.801. The molecule has 5 heteroatoms. The van der Waals surface area contributed by atoms with Crippen LogP contribution in [0.5, 0.6) is 0 Å². The van der Waals surface area contributed by atoms with E-state index in [1.165, 1.54) is 7.11 Å². The lowest BCUT2D eigenvalue weighted by Gasteiger charge is -2.30. The molecule has 1 atom stereocenters. The number of hydrogen-bond acceptors (Lipinski definition) is 3. The first-order valence-electron chi connectivity index (χ1n) is 6.34. The number of hydrogen-bond donors (Lipinski definition) is 1. The summed E-state index contributed by atoms with van der Waals surface area (Å²) in [5, 5.41) is 3.80. The van der Waals surface area contributed by atoms with Crippen molar-refractivity contribution in [3.05, 3.63) is 63.6 Å². The van der Waals surface area contributed by atoms with E-state index in [1.807, 2.05) is 30.3 Å². The molecule has 2 rings (SSSR count). The molecule has 2 aromatic rings. The minimum atomic E-state index is -1.04. The van der Waals surface area contributed by atoms with Crippen LogP contribution in [0.2, 0.25) is 5.02 Å². The molecule has 0 aliphatic heterocycles. The van der Waals surface area contributed by atoms with Gasteiger partial charge in [0.1, 0.15) is 0 Å². The third-order valence-corrected chi connectivity index (χ3v) is 4.18. The summed E-state index contributed by atoms with van der Waals surface area (Å²) in [6.45, 7) is 1.77. The Bertz CT molecular complexity index is 662. The largest absolute Gasteiger partial charge is 0.467 e. The number of rotatable bonds is 4. The molecule has 0 spiro atoms. The molecule has 0 aromatic heterocycles. The maximum atomic E-state index is 12.3. The van der Waals surface area contributed by atoms with Gasteiger partial charge in [0.25, 0.3) is 0 Å². The molecule has 2 aromatic carbocycles. The van der Waals surface area contributed by atoms with Gasteiger partial charge in [-0.15, -0.1) is 0 Å². The van der Waals surface area contributed by atoms with Crippen molar-refractivity contribution in [1.29, 1.82) is 0 Å². The maximum absolute atomic E-state index is 12.3. The smallest absolute Gasteiger partial charge is 0.335 e.